The number of carbonyl (C=O) groups is 1. The van der Waals surface area contributed by atoms with Crippen LogP contribution in [-0.2, 0) is 8.98 Å². The summed E-state index contributed by atoms with van der Waals surface area (Å²) in [5, 5.41) is 2.66. The molecule has 17 heavy (non-hydrogen) atoms. The van der Waals surface area contributed by atoms with Crippen LogP contribution in [0.15, 0.2) is 29.2 Å². The van der Waals surface area contributed by atoms with Crippen molar-refractivity contribution in [2.45, 2.75) is 38.7 Å². The molecule has 1 amide bonds. The lowest BCUT2D eigenvalue weighted by Gasteiger charge is -2.26. The molecule has 0 saturated carbocycles. The SMILES string of the molecule is CC(OSc1ccccc1NC=O)C(C)(C)C. The van der Waals surface area contributed by atoms with E-state index < -0.39 is 0 Å². The Labute approximate surface area is 107 Å². The second-order valence-corrected chi connectivity index (χ2v) is 5.75. The summed E-state index contributed by atoms with van der Waals surface area (Å²) >= 11 is 1.30. The molecule has 1 unspecified atom stereocenters. The van der Waals surface area contributed by atoms with Gasteiger partial charge in [0.05, 0.1) is 16.7 Å². The number of hydrogen-bond acceptors (Lipinski definition) is 3. The van der Waals surface area contributed by atoms with Gasteiger partial charge in [0, 0.05) is 12.0 Å². The molecule has 0 aliphatic carbocycles. The third-order valence-electron chi connectivity index (χ3n) is 2.60. The van der Waals surface area contributed by atoms with Crippen molar-refractivity contribution in [1.29, 1.82) is 0 Å². The van der Waals surface area contributed by atoms with E-state index >= 15 is 0 Å². The first kappa shape index (κ1) is 14.1. The summed E-state index contributed by atoms with van der Waals surface area (Å²) in [5.74, 6) is 0. The van der Waals surface area contributed by atoms with E-state index in [0.29, 0.717) is 6.41 Å². The van der Waals surface area contributed by atoms with Crippen LogP contribution < -0.4 is 5.32 Å². The van der Waals surface area contributed by atoms with Gasteiger partial charge in [-0.05, 0) is 24.5 Å². The van der Waals surface area contributed by atoms with Gasteiger partial charge in [0.15, 0.2) is 0 Å². The molecule has 0 radical (unpaired) electrons. The summed E-state index contributed by atoms with van der Waals surface area (Å²) in [4.78, 5) is 11.4. The van der Waals surface area contributed by atoms with E-state index in [9.17, 15) is 4.79 Å². The molecule has 0 heterocycles. The minimum atomic E-state index is 0.0973. The number of hydrogen-bond donors (Lipinski definition) is 1. The van der Waals surface area contributed by atoms with Gasteiger partial charge in [-0.15, -0.1) is 0 Å². The van der Waals surface area contributed by atoms with Crippen LogP contribution in [0, 0.1) is 5.41 Å². The molecule has 4 heteroatoms. The Morgan fingerprint density at radius 1 is 1.35 bits per heavy atom. The molecular formula is C13H19NO2S. The smallest absolute Gasteiger partial charge is 0.211 e. The lowest BCUT2D eigenvalue weighted by molar-refractivity contribution is -0.105. The third-order valence-corrected chi connectivity index (χ3v) is 3.52. The Morgan fingerprint density at radius 3 is 2.59 bits per heavy atom. The molecule has 0 bridgehead atoms. The minimum Gasteiger partial charge on any atom is -0.328 e. The average Bonchev–Trinajstić information content (AvgIpc) is 2.26. The standard InChI is InChI=1S/C13H19NO2S/c1-10(13(2,3)4)16-17-12-8-6-5-7-11(12)14-9-15/h5-10H,1-4H3,(H,14,15). The number of carbonyl (C=O) groups excluding carboxylic acids is 1. The number of anilines is 1. The maximum atomic E-state index is 10.5. The highest BCUT2D eigenvalue weighted by molar-refractivity contribution is 7.94. The van der Waals surface area contributed by atoms with Gasteiger partial charge in [0.2, 0.25) is 6.41 Å². The fraction of sp³-hybridized carbons (Fsp3) is 0.462. The lowest BCUT2D eigenvalue weighted by Crippen LogP contribution is -2.23. The Morgan fingerprint density at radius 2 is 2.00 bits per heavy atom. The molecule has 1 atom stereocenters. The van der Waals surface area contributed by atoms with Gasteiger partial charge in [0.1, 0.15) is 0 Å². The molecule has 0 aliphatic rings. The van der Waals surface area contributed by atoms with Gasteiger partial charge in [-0.1, -0.05) is 32.9 Å². The van der Waals surface area contributed by atoms with Crippen LogP contribution >= 0.6 is 12.0 Å². The molecule has 1 N–H and O–H groups in total. The lowest BCUT2D eigenvalue weighted by atomic mass is 9.91. The van der Waals surface area contributed by atoms with Crippen LogP contribution in [0.4, 0.5) is 5.69 Å². The Balaban J connectivity index is 2.66. The molecule has 3 nitrogen and oxygen atoms in total. The van der Waals surface area contributed by atoms with E-state index in [2.05, 4.69) is 26.1 Å². The van der Waals surface area contributed by atoms with Gasteiger partial charge < -0.3 is 9.50 Å². The van der Waals surface area contributed by atoms with Crippen molar-refractivity contribution in [3.05, 3.63) is 24.3 Å². The monoisotopic (exact) mass is 253 g/mol. The van der Waals surface area contributed by atoms with Crippen molar-refractivity contribution < 1.29 is 8.98 Å². The molecule has 0 spiro atoms. The quantitative estimate of drug-likeness (QED) is 0.642. The van der Waals surface area contributed by atoms with Gasteiger partial charge in [-0.3, -0.25) is 4.79 Å². The molecule has 0 aliphatic heterocycles. The van der Waals surface area contributed by atoms with Crippen LogP contribution in [0.25, 0.3) is 0 Å². The Kier molecular flexibility index (Phi) is 5.02. The first-order valence-corrected chi connectivity index (χ1v) is 6.32. The number of benzene rings is 1. The van der Waals surface area contributed by atoms with Crippen molar-refractivity contribution in [2.75, 3.05) is 5.32 Å². The van der Waals surface area contributed by atoms with Crippen molar-refractivity contribution in [2.24, 2.45) is 5.41 Å². The van der Waals surface area contributed by atoms with Gasteiger partial charge in [-0.2, -0.15) is 0 Å². The van der Waals surface area contributed by atoms with E-state index in [4.69, 9.17) is 4.18 Å². The predicted molar refractivity (Wildman–Crippen MR) is 72.0 cm³/mol. The highest BCUT2D eigenvalue weighted by Crippen LogP contribution is 2.32. The van der Waals surface area contributed by atoms with Gasteiger partial charge >= 0.3 is 0 Å². The summed E-state index contributed by atoms with van der Waals surface area (Å²) in [6, 6.07) is 7.57. The number of para-hydroxylation sites is 1. The zero-order valence-corrected chi connectivity index (χ0v) is 11.5. The average molecular weight is 253 g/mol. The maximum Gasteiger partial charge on any atom is 0.211 e. The molecule has 0 fully saturated rings. The van der Waals surface area contributed by atoms with E-state index in [1.165, 1.54) is 12.0 Å². The van der Waals surface area contributed by atoms with Crippen LogP contribution in [0.3, 0.4) is 0 Å². The van der Waals surface area contributed by atoms with Crippen molar-refractivity contribution >= 4 is 24.1 Å². The van der Waals surface area contributed by atoms with Crippen LogP contribution in [0.2, 0.25) is 0 Å². The van der Waals surface area contributed by atoms with Crippen molar-refractivity contribution in [3.8, 4) is 0 Å². The first-order valence-electron chi connectivity index (χ1n) is 5.57. The minimum absolute atomic E-state index is 0.0973. The highest BCUT2D eigenvalue weighted by Gasteiger charge is 2.21. The van der Waals surface area contributed by atoms with E-state index in [-0.39, 0.29) is 11.5 Å². The van der Waals surface area contributed by atoms with Crippen LogP contribution in [0.5, 0.6) is 0 Å². The predicted octanol–water partition coefficient (Wildman–Crippen LogP) is 3.71. The molecule has 0 saturated heterocycles. The second-order valence-electron chi connectivity index (χ2n) is 4.95. The van der Waals surface area contributed by atoms with E-state index in [1.54, 1.807) is 0 Å². The van der Waals surface area contributed by atoms with Gasteiger partial charge in [0.25, 0.3) is 0 Å². The molecule has 1 rings (SSSR count). The fourth-order valence-corrected chi connectivity index (χ4v) is 1.88. The molecule has 94 valence electrons. The van der Waals surface area contributed by atoms with Crippen LogP contribution in [0.1, 0.15) is 27.7 Å². The number of rotatable bonds is 5. The molecular weight excluding hydrogens is 234 g/mol. The summed E-state index contributed by atoms with van der Waals surface area (Å²) in [5.41, 5.74) is 0.869. The molecule has 1 aromatic rings. The normalized spacial score (nSPS) is 13.2. The Hall–Kier alpha value is -1.00. The number of amides is 1. The van der Waals surface area contributed by atoms with Gasteiger partial charge in [-0.25, -0.2) is 0 Å². The zero-order chi connectivity index (χ0) is 12.9. The Bertz CT molecular complexity index is 374. The fourth-order valence-electron chi connectivity index (χ4n) is 0.990. The first-order chi connectivity index (χ1) is 7.95. The highest BCUT2D eigenvalue weighted by atomic mass is 32.2. The maximum absolute atomic E-state index is 10.5. The van der Waals surface area contributed by atoms with Crippen LogP contribution in [-0.4, -0.2) is 12.5 Å². The molecule has 0 aromatic heterocycles. The number of nitrogens with one attached hydrogen (secondary N) is 1. The zero-order valence-electron chi connectivity index (χ0n) is 10.7. The van der Waals surface area contributed by atoms with E-state index in [0.717, 1.165) is 10.6 Å². The van der Waals surface area contributed by atoms with E-state index in [1.807, 2.05) is 31.2 Å². The van der Waals surface area contributed by atoms with Crippen molar-refractivity contribution in [1.82, 2.24) is 0 Å². The topological polar surface area (TPSA) is 38.3 Å². The largest absolute Gasteiger partial charge is 0.328 e. The summed E-state index contributed by atoms with van der Waals surface area (Å²) in [6.07, 6.45) is 0.795. The summed E-state index contributed by atoms with van der Waals surface area (Å²) < 4.78 is 5.74. The molecule has 1 aromatic carbocycles. The summed E-state index contributed by atoms with van der Waals surface area (Å²) in [6.45, 7) is 8.44. The van der Waals surface area contributed by atoms with Crippen molar-refractivity contribution in [3.63, 3.8) is 0 Å². The second kappa shape index (κ2) is 6.07. The third kappa shape index (κ3) is 4.40. The summed E-state index contributed by atoms with van der Waals surface area (Å²) in [7, 11) is 0.